The van der Waals surface area contributed by atoms with Crippen molar-refractivity contribution in [1.29, 1.82) is 0 Å². The molecule has 4 N–H and O–H groups in total. The zero-order valence-corrected chi connectivity index (χ0v) is 22.2. The minimum atomic E-state index is -0.822. The lowest BCUT2D eigenvalue weighted by Gasteiger charge is -2.25. The molecule has 0 spiro atoms. The number of hydrogen-bond donors (Lipinski definition) is 4. The number of anilines is 2. The highest BCUT2D eigenvalue weighted by Gasteiger charge is 2.25. The van der Waals surface area contributed by atoms with E-state index in [-0.39, 0.29) is 11.8 Å². The second-order valence-electron chi connectivity index (χ2n) is 9.62. The van der Waals surface area contributed by atoms with E-state index in [9.17, 15) is 14.7 Å². The van der Waals surface area contributed by atoms with Gasteiger partial charge in [-0.2, -0.15) is 5.10 Å². The molecule has 38 heavy (non-hydrogen) atoms. The molecule has 9 heteroatoms. The first-order valence-corrected chi connectivity index (χ1v) is 13.4. The zero-order valence-electron chi connectivity index (χ0n) is 22.2. The summed E-state index contributed by atoms with van der Waals surface area (Å²) in [6.45, 7) is 7.03. The van der Waals surface area contributed by atoms with Gasteiger partial charge in [-0.1, -0.05) is 30.3 Å². The number of amides is 2. The van der Waals surface area contributed by atoms with Crippen LogP contribution in [-0.2, 0) is 24.3 Å². The van der Waals surface area contributed by atoms with Gasteiger partial charge in [-0.25, -0.2) is 0 Å². The molecule has 0 radical (unpaired) electrons. The molecule has 202 valence electrons. The number of aryl methyl sites for hydroxylation is 1. The minimum Gasteiger partial charge on any atom is -0.390 e. The number of carbonyl (C=O) groups excluding carboxylic acids is 2. The van der Waals surface area contributed by atoms with Crippen LogP contribution in [0.1, 0.15) is 48.2 Å². The Kier molecular flexibility index (Phi) is 9.51. The van der Waals surface area contributed by atoms with E-state index in [2.05, 4.69) is 21.0 Å². The Hall–Kier alpha value is -3.69. The van der Waals surface area contributed by atoms with Crippen molar-refractivity contribution in [3.8, 4) is 0 Å². The van der Waals surface area contributed by atoms with Crippen LogP contribution in [0.5, 0.6) is 0 Å². The number of hydrogen-bond acceptors (Lipinski definition) is 6. The molecule has 1 aromatic heterocycles. The number of carbonyl (C=O) groups is 2. The van der Waals surface area contributed by atoms with E-state index in [1.165, 1.54) is 0 Å². The molecule has 9 nitrogen and oxygen atoms in total. The van der Waals surface area contributed by atoms with Crippen molar-refractivity contribution in [3.63, 3.8) is 0 Å². The SMILES string of the molecule is CCNc1cc(C(=O)N[C@@H](Cc2ccccc2)[C@@H](O)CNCc2cnn(CC)c2)cc(N2CCCC2=O)c1. The first-order valence-electron chi connectivity index (χ1n) is 13.4. The van der Waals surface area contributed by atoms with Gasteiger partial charge >= 0.3 is 0 Å². The number of aliphatic hydroxyl groups excluding tert-OH is 1. The van der Waals surface area contributed by atoms with Crippen molar-refractivity contribution in [2.75, 3.05) is 29.9 Å². The van der Waals surface area contributed by atoms with Gasteiger partial charge < -0.3 is 26.0 Å². The summed E-state index contributed by atoms with van der Waals surface area (Å²) < 4.78 is 1.86. The maximum absolute atomic E-state index is 13.5. The van der Waals surface area contributed by atoms with E-state index in [1.54, 1.807) is 17.0 Å². The second-order valence-corrected chi connectivity index (χ2v) is 9.62. The summed E-state index contributed by atoms with van der Waals surface area (Å²) in [4.78, 5) is 27.6. The Labute approximate surface area is 224 Å². The number of nitrogens with zero attached hydrogens (tertiary/aromatic N) is 3. The summed E-state index contributed by atoms with van der Waals surface area (Å²) in [6.07, 6.45) is 4.77. The van der Waals surface area contributed by atoms with Gasteiger partial charge in [0.2, 0.25) is 5.91 Å². The first-order chi connectivity index (χ1) is 18.5. The fourth-order valence-corrected chi connectivity index (χ4v) is 4.71. The predicted molar refractivity (Wildman–Crippen MR) is 149 cm³/mol. The molecule has 1 aliphatic heterocycles. The van der Waals surface area contributed by atoms with Gasteiger partial charge in [-0.05, 0) is 50.5 Å². The monoisotopic (exact) mass is 518 g/mol. The third-order valence-electron chi connectivity index (χ3n) is 6.72. The van der Waals surface area contributed by atoms with Crippen LogP contribution in [-0.4, -0.2) is 58.5 Å². The molecule has 0 unspecified atom stereocenters. The lowest BCUT2D eigenvalue weighted by molar-refractivity contribution is -0.117. The van der Waals surface area contributed by atoms with Crippen LogP contribution < -0.4 is 20.9 Å². The van der Waals surface area contributed by atoms with Gasteiger partial charge in [0.15, 0.2) is 0 Å². The maximum Gasteiger partial charge on any atom is 0.251 e. The molecule has 2 aromatic carbocycles. The molecule has 2 atom stereocenters. The Balaban J connectivity index is 1.49. The Morgan fingerprint density at radius 2 is 1.95 bits per heavy atom. The molecule has 0 aliphatic carbocycles. The average molecular weight is 519 g/mol. The first kappa shape index (κ1) is 27.3. The van der Waals surface area contributed by atoms with Crippen LogP contribution >= 0.6 is 0 Å². The third kappa shape index (κ3) is 7.20. The van der Waals surface area contributed by atoms with Crippen LogP contribution in [0.25, 0.3) is 0 Å². The zero-order chi connectivity index (χ0) is 26.9. The molecule has 1 fully saturated rings. The Bertz CT molecular complexity index is 1210. The number of rotatable bonds is 13. The van der Waals surface area contributed by atoms with Crippen LogP contribution in [0, 0.1) is 0 Å². The lowest BCUT2D eigenvalue weighted by Crippen LogP contribution is -2.48. The summed E-state index contributed by atoms with van der Waals surface area (Å²) >= 11 is 0. The van der Waals surface area contributed by atoms with Crippen LogP contribution in [0.3, 0.4) is 0 Å². The van der Waals surface area contributed by atoms with E-state index in [4.69, 9.17) is 0 Å². The van der Waals surface area contributed by atoms with Crippen molar-refractivity contribution < 1.29 is 14.7 Å². The van der Waals surface area contributed by atoms with E-state index in [1.807, 2.05) is 67.3 Å². The number of aliphatic hydroxyl groups is 1. The largest absolute Gasteiger partial charge is 0.390 e. The Morgan fingerprint density at radius 1 is 1.13 bits per heavy atom. The van der Waals surface area contributed by atoms with Crippen molar-refractivity contribution in [1.82, 2.24) is 20.4 Å². The number of nitrogens with one attached hydrogen (secondary N) is 3. The molecule has 2 amide bonds. The Morgan fingerprint density at radius 3 is 2.63 bits per heavy atom. The number of benzene rings is 2. The summed E-state index contributed by atoms with van der Waals surface area (Å²) in [5.74, 6) is -0.222. The molecule has 1 aliphatic rings. The van der Waals surface area contributed by atoms with Gasteiger partial charge in [-0.3, -0.25) is 14.3 Å². The molecule has 3 aromatic rings. The van der Waals surface area contributed by atoms with Crippen LogP contribution in [0.2, 0.25) is 0 Å². The van der Waals surface area contributed by atoms with E-state index >= 15 is 0 Å². The van der Waals surface area contributed by atoms with Gasteiger partial charge in [0.25, 0.3) is 5.91 Å². The molecular weight excluding hydrogens is 480 g/mol. The van der Waals surface area contributed by atoms with Crippen molar-refractivity contribution >= 4 is 23.2 Å². The fraction of sp³-hybridized carbons (Fsp3) is 0.414. The van der Waals surface area contributed by atoms with Crippen molar-refractivity contribution in [3.05, 3.63) is 77.6 Å². The normalized spacial score (nSPS) is 14.9. The van der Waals surface area contributed by atoms with Crippen molar-refractivity contribution in [2.45, 2.75) is 58.3 Å². The summed E-state index contributed by atoms with van der Waals surface area (Å²) in [5, 5.41) is 25.0. The van der Waals surface area contributed by atoms with Crippen molar-refractivity contribution in [2.24, 2.45) is 0 Å². The smallest absolute Gasteiger partial charge is 0.251 e. The van der Waals surface area contributed by atoms with Gasteiger partial charge in [0.05, 0.1) is 18.3 Å². The average Bonchev–Trinajstić information content (AvgIpc) is 3.57. The summed E-state index contributed by atoms with van der Waals surface area (Å²) in [6, 6.07) is 14.8. The predicted octanol–water partition coefficient (Wildman–Crippen LogP) is 2.95. The van der Waals surface area contributed by atoms with Gasteiger partial charge in [-0.15, -0.1) is 0 Å². The lowest BCUT2D eigenvalue weighted by atomic mass is 10.00. The standard InChI is InChI=1S/C29H38N6O3/c1-3-31-24-14-23(15-25(16-24)35-12-8-11-28(35)37)29(38)33-26(13-21-9-6-5-7-10-21)27(36)19-30-17-22-18-32-34(4-2)20-22/h5-7,9-10,14-16,18,20,26-27,30-31,36H,3-4,8,11-13,17,19H2,1-2H3,(H,33,38)/t26-,27-/m0/s1. The highest BCUT2D eigenvalue weighted by Crippen LogP contribution is 2.27. The minimum absolute atomic E-state index is 0.0675. The molecule has 0 bridgehead atoms. The van der Waals surface area contributed by atoms with E-state index < -0.39 is 12.1 Å². The molecule has 0 saturated carbocycles. The third-order valence-corrected chi connectivity index (χ3v) is 6.72. The van der Waals surface area contributed by atoms with Crippen LogP contribution in [0.4, 0.5) is 11.4 Å². The fourth-order valence-electron chi connectivity index (χ4n) is 4.71. The molecular formula is C29H38N6O3. The van der Waals surface area contributed by atoms with E-state index in [0.717, 1.165) is 29.8 Å². The maximum atomic E-state index is 13.5. The molecule has 2 heterocycles. The quantitative estimate of drug-likeness (QED) is 0.277. The van der Waals surface area contributed by atoms with Gasteiger partial charge in [0, 0.05) is 67.8 Å². The molecule has 1 saturated heterocycles. The van der Waals surface area contributed by atoms with Crippen LogP contribution in [0.15, 0.2) is 60.9 Å². The topological polar surface area (TPSA) is 112 Å². The molecule has 4 rings (SSSR count). The van der Waals surface area contributed by atoms with Gasteiger partial charge in [0.1, 0.15) is 0 Å². The second kappa shape index (κ2) is 13.2. The van der Waals surface area contributed by atoms with E-state index in [0.29, 0.717) is 50.3 Å². The highest BCUT2D eigenvalue weighted by molar-refractivity contribution is 6.00. The summed E-state index contributed by atoms with van der Waals surface area (Å²) in [7, 11) is 0. The number of aromatic nitrogens is 2. The summed E-state index contributed by atoms with van der Waals surface area (Å²) in [5.41, 5.74) is 4.00. The highest BCUT2D eigenvalue weighted by atomic mass is 16.3.